The van der Waals surface area contributed by atoms with Crippen LogP contribution >= 0.6 is 0 Å². The summed E-state index contributed by atoms with van der Waals surface area (Å²) in [5, 5.41) is 0. The molecule has 3 N–H and O–H groups in total. The highest BCUT2D eigenvalue weighted by atomic mass is 19.1. The van der Waals surface area contributed by atoms with Crippen molar-refractivity contribution in [3.63, 3.8) is 0 Å². The average Bonchev–Trinajstić information content (AvgIpc) is 2.46. The Morgan fingerprint density at radius 1 is 1.10 bits per heavy atom. The number of hydrogen-bond acceptors (Lipinski definition) is 3. The summed E-state index contributed by atoms with van der Waals surface area (Å²) in [5.74, 6) is 4.94. The second-order valence-electron chi connectivity index (χ2n) is 4.41. The monoisotopic (exact) mass is 278 g/mol. The minimum atomic E-state index is -0.635. The number of hydrazine groups is 1. The molecule has 2 aromatic rings. The largest absolute Gasteiger partial charge is 0.497 e. The number of halogens is 2. The first-order valence-electron chi connectivity index (χ1n) is 6.18. The van der Waals surface area contributed by atoms with Gasteiger partial charge in [0.05, 0.1) is 13.2 Å². The second kappa shape index (κ2) is 6.45. The number of methoxy groups -OCH3 is 1. The lowest BCUT2D eigenvalue weighted by Gasteiger charge is -2.18. The molecule has 0 bridgehead atoms. The Bertz CT molecular complexity index is 552. The number of rotatable bonds is 5. The van der Waals surface area contributed by atoms with Gasteiger partial charge in [0.1, 0.15) is 17.4 Å². The maximum atomic E-state index is 13.8. The predicted octanol–water partition coefficient (Wildman–Crippen LogP) is 2.72. The van der Waals surface area contributed by atoms with Gasteiger partial charge in [-0.05, 0) is 36.2 Å². The predicted molar refractivity (Wildman–Crippen MR) is 73.1 cm³/mol. The molecule has 0 spiro atoms. The minimum absolute atomic E-state index is 0.0502. The molecule has 0 aliphatic heterocycles. The molecule has 1 atom stereocenters. The molecule has 5 heteroatoms. The summed E-state index contributed by atoms with van der Waals surface area (Å²) < 4.78 is 32.6. The van der Waals surface area contributed by atoms with E-state index in [1.54, 1.807) is 19.2 Å². The van der Waals surface area contributed by atoms with Crippen LogP contribution in [0.25, 0.3) is 0 Å². The average molecular weight is 278 g/mol. The SMILES string of the molecule is COc1ccc(CC(NN)c2c(F)cccc2F)cc1. The third-order valence-electron chi connectivity index (χ3n) is 3.15. The normalized spacial score (nSPS) is 12.2. The lowest BCUT2D eigenvalue weighted by Crippen LogP contribution is -2.31. The standard InChI is InChI=1S/C15H16F2N2O/c1-20-11-7-5-10(6-8-11)9-14(19-18)15-12(16)3-2-4-13(15)17/h2-8,14,19H,9,18H2,1H3. The fraction of sp³-hybridized carbons (Fsp3) is 0.200. The maximum absolute atomic E-state index is 13.8. The molecule has 0 saturated heterocycles. The Morgan fingerprint density at radius 2 is 1.70 bits per heavy atom. The number of hydrogen-bond donors (Lipinski definition) is 2. The highest BCUT2D eigenvalue weighted by Gasteiger charge is 2.19. The van der Waals surface area contributed by atoms with Gasteiger partial charge < -0.3 is 4.74 Å². The molecular weight excluding hydrogens is 262 g/mol. The van der Waals surface area contributed by atoms with Crippen molar-refractivity contribution >= 4 is 0 Å². The Kier molecular flexibility index (Phi) is 4.65. The van der Waals surface area contributed by atoms with Gasteiger partial charge in [-0.25, -0.2) is 8.78 Å². The summed E-state index contributed by atoms with van der Waals surface area (Å²) in [6.07, 6.45) is 0.373. The molecule has 2 rings (SSSR count). The molecule has 0 aromatic heterocycles. The molecule has 0 saturated carbocycles. The van der Waals surface area contributed by atoms with Gasteiger partial charge in [-0.3, -0.25) is 11.3 Å². The molecule has 0 fully saturated rings. The third-order valence-corrected chi connectivity index (χ3v) is 3.15. The smallest absolute Gasteiger partial charge is 0.130 e. The van der Waals surface area contributed by atoms with Crippen molar-refractivity contribution in [2.24, 2.45) is 5.84 Å². The van der Waals surface area contributed by atoms with Crippen LogP contribution in [0.1, 0.15) is 17.2 Å². The first-order valence-corrected chi connectivity index (χ1v) is 6.18. The zero-order valence-corrected chi connectivity index (χ0v) is 11.1. The van der Waals surface area contributed by atoms with E-state index in [1.807, 2.05) is 12.1 Å². The van der Waals surface area contributed by atoms with E-state index in [0.29, 0.717) is 6.42 Å². The van der Waals surface area contributed by atoms with Crippen molar-refractivity contribution in [1.82, 2.24) is 5.43 Å². The van der Waals surface area contributed by atoms with E-state index in [4.69, 9.17) is 10.6 Å². The van der Waals surface area contributed by atoms with Crippen LogP contribution in [0.2, 0.25) is 0 Å². The number of nitrogens with one attached hydrogen (secondary N) is 1. The molecule has 3 nitrogen and oxygen atoms in total. The summed E-state index contributed by atoms with van der Waals surface area (Å²) >= 11 is 0. The molecule has 0 aliphatic carbocycles. The fourth-order valence-electron chi connectivity index (χ4n) is 2.09. The van der Waals surface area contributed by atoms with E-state index >= 15 is 0 Å². The first-order chi connectivity index (χ1) is 9.65. The van der Waals surface area contributed by atoms with Crippen molar-refractivity contribution in [2.75, 3.05) is 7.11 Å². The summed E-state index contributed by atoms with van der Waals surface area (Å²) in [6, 6.07) is 10.4. The van der Waals surface area contributed by atoms with Crippen LogP contribution in [-0.4, -0.2) is 7.11 Å². The van der Waals surface area contributed by atoms with E-state index in [0.717, 1.165) is 11.3 Å². The molecule has 1 unspecified atom stereocenters. The molecular formula is C15H16F2N2O. The highest BCUT2D eigenvalue weighted by molar-refractivity contribution is 5.30. The lowest BCUT2D eigenvalue weighted by atomic mass is 9.98. The van der Waals surface area contributed by atoms with Gasteiger partial charge >= 0.3 is 0 Å². The number of nitrogens with two attached hydrogens (primary N) is 1. The van der Waals surface area contributed by atoms with Crippen LogP contribution in [0, 0.1) is 11.6 Å². The van der Waals surface area contributed by atoms with Crippen LogP contribution in [0.4, 0.5) is 8.78 Å². The van der Waals surface area contributed by atoms with Crippen LogP contribution in [0.5, 0.6) is 5.75 Å². The van der Waals surface area contributed by atoms with Gasteiger partial charge in [-0.15, -0.1) is 0 Å². The van der Waals surface area contributed by atoms with Gasteiger partial charge in [0.2, 0.25) is 0 Å². The number of benzene rings is 2. The third kappa shape index (κ3) is 3.12. The molecule has 0 aliphatic rings. The van der Waals surface area contributed by atoms with Crippen molar-refractivity contribution in [2.45, 2.75) is 12.5 Å². The molecule has 0 amide bonds. The Hall–Kier alpha value is -1.98. The first kappa shape index (κ1) is 14.4. The van der Waals surface area contributed by atoms with E-state index in [1.165, 1.54) is 18.2 Å². The van der Waals surface area contributed by atoms with E-state index in [9.17, 15) is 8.78 Å². The fourth-order valence-corrected chi connectivity index (χ4v) is 2.09. The van der Waals surface area contributed by atoms with Crippen molar-refractivity contribution in [3.05, 3.63) is 65.2 Å². The molecule has 20 heavy (non-hydrogen) atoms. The van der Waals surface area contributed by atoms with Crippen LogP contribution < -0.4 is 16.0 Å². The van der Waals surface area contributed by atoms with E-state index < -0.39 is 17.7 Å². The zero-order valence-electron chi connectivity index (χ0n) is 11.1. The van der Waals surface area contributed by atoms with Gasteiger partial charge in [0.25, 0.3) is 0 Å². The summed E-state index contributed by atoms with van der Waals surface area (Å²) in [5.41, 5.74) is 3.32. The quantitative estimate of drug-likeness (QED) is 0.653. The van der Waals surface area contributed by atoms with Crippen LogP contribution in [-0.2, 0) is 6.42 Å². The number of ether oxygens (including phenoxy) is 1. The minimum Gasteiger partial charge on any atom is -0.497 e. The van der Waals surface area contributed by atoms with Crippen LogP contribution in [0.3, 0.4) is 0 Å². The van der Waals surface area contributed by atoms with Gasteiger partial charge in [-0.2, -0.15) is 0 Å². The zero-order chi connectivity index (χ0) is 14.5. The summed E-state index contributed by atoms with van der Waals surface area (Å²) in [7, 11) is 1.58. The van der Waals surface area contributed by atoms with Gasteiger partial charge in [0, 0.05) is 5.56 Å². The van der Waals surface area contributed by atoms with E-state index in [2.05, 4.69) is 5.43 Å². The Balaban J connectivity index is 2.24. The highest BCUT2D eigenvalue weighted by Crippen LogP contribution is 2.24. The Labute approximate surface area is 116 Å². The van der Waals surface area contributed by atoms with Crippen molar-refractivity contribution < 1.29 is 13.5 Å². The van der Waals surface area contributed by atoms with Gasteiger partial charge in [-0.1, -0.05) is 18.2 Å². The van der Waals surface area contributed by atoms with Crippen LogP contribution in [0.15, 0.2) is 42.5 Å². The molecule has 2 aromatic carbocycles. The molecule has 0 heterocycles. The topological polar surface area (TPSA) is 47.3 Å². The van der Waals surface area contributed by atoms with E-state index in [-0.39, 0.29) is 5.56 Å². The summed E-state index contributed by atoms with van der Waals surface area (Å²) in [6.45, 7) is 0. The molecule has 0 radical (unpaired) electrons. The second-order valence-corrected chi connectivity index (χ2v) is 4.41. The molecule has 106 valence electrons. The lowest BCUT2D eigenvalue weighted by molar-refractivity contribution is 0.414. The maximum Gasteiger partial charge on any atom is 0.130 e. The van der Waals surface area contributed by atoms with Gasteiger partial charge in [0.15, 0.2) is 0 Å². The van der Waals surface area contributed by atoms with Crippen molar-refractivity contribution in [3.8, 4) is 5.75 Å². The summed E-state index contributed by atoms with van der Waals surface area (Å²) in [4.78, 5) is 0. The Morgan fingerprint density at radius 3 is 2.20 bits per heavy atom. The van der Waals surface area contributed by atoms with Crippen molar-refractivity contribution in [1.29, 1.82) is 0 Å².